The Balaban J connectivity index is 1.86. The minimum absolute atomic E-state index is 0.0555. The van der Waals surface area contributed by atoms with Crippen LogP contribution in [-0.4, -0.2) is 74.0 Å². The summed E-state index contributed by atoms with van der Waals surface area (Å²) in [4.78, 5) is 51.6. The number of likely N-dealkylation sites (tertiary alicyclic amines) is 1. The van der Waals surface area contributed by atoms with Gasteiger partial charge in [0, 0.05) is 18.9 Å². The Bertz CT molecular complexity index is 1020. The van der Waals surface area contributed by atoms with Crippen LogP contribution in [0, 0.1) is 0 Å². The lowest BCUT2D eigenvalue weighted by Crippen LogP contribution is -2.50. The lowest BCUT2D eigenvalue weighted by Gasteiger charge is -2.36. The van der Waals surface area contributed by atoms with Crippen molar-refractivity contribution in [3.63, 3.8) is 0 Å². The number of nitrogens with zero attached hydrogens (tertiary/aromatic N) is 2. The van der Waals surface area contributed by atoms with Crippen LogP contribution in [0.3, 0.4) is 0 Å². The van der Waals surface area contributed by atoms with Gasteiger partial charge in [0.1, 0.15) is 23.3 Å². The summed E-state index contributed by atoms with van der Waals surface area (Å²) in [5.74, 6) is -2.46. The molecule has 2 aliphatic heterocycles. The molecule has 0 saturated carbocycles. The molecule has 1 aromatic rings. The SMILES string of the molecule is CC(C)(C)OC(=O)N1Cc2cc([C@H]3C[C@@H](C(=O)O)N(C(=O)OC(C)(C)C)C3)ccc2C[C@H]1C(=O)O. The minimum Gasteiger partial charge on any atom is -0.480 e. The van der Waals surface area contributed by atoms with E-state index in [4.69, 9.17) is 9.47 Å². The molecule has 0 unspecified atom stereocenters. The monoisotopic (exact) mass is 490 g/mol. The number of carbonyl (C=O) groups is 4. The first-order chi connectivity index (χ1) is 16.1. The zero-order valence-corrected chi connectivity index (χ0v) is 21.0. The van der Waals surface area contributed by atoms with Crippen LogP contribution < -0.4 is 0 Å². The molecule has 2 aliphatic rings. The summed E-state index contributed by atoms with van der Waals surface area (Å²) in [5.41, 5.74) is 0.865. The molecule has 2 heterocycles. The molecule has 2 amide bonds. The van der Waals surface area contributed by atoms with Gasteiger partial charge >= 0.3 is 24.1 Å². The van der Waals surface area contributed by atoms with E-state index in [0.717, 1.165) is 16.7 Å². The van der Waals surface area contributed by atoms with Gasteiger partial charge in [-0.15, -0.1) is 0 Å². The standard InChI is InChI=1S/C25H34N2O8/c1-24(2,3)34-22(32)26-12-16-9-14(7-8-15(16)10-18(26)20(28)29)17-11-19(21(30)31)27(13-17)23(33)35-25(4,5)6/h7-9,17-19H,10-13H2,1-6H3,(H,28,29)(H,30,31)/t17-,18-,19-/m0/s1. The second-order valence-electron chi connectivity index (χ2n) is 11.1. The summed E-state index contributed by atoms with van der Waals surface area (Å²) in [6, 6.07) is 3.46. The first-order valence-electron chi connectivity index (χ1n) is 11.6. The van der Waals surface area contributed by atoms with E-state index >= 15 is 0 Å². The number of carbonyl (C=O) groups excluding carboxylic acids is 2. The normalized spacial score (nSPS) is 22.4. The van der Waals surface area contributed by atoms with E-state index in [1.54, 1.807) is 41.5 Å². The Morgan fingerprint density at radius 3 is 1.89 bits per heavy atom. The zero-order valence-electron chi connectivity index (χ0n) is 21.0. The molecule has 0 bridgehead atoms. The van der Waals surface area contributed by atoms with Crippen LogP contribution in [0.15, 0.2) is 18.2 Å². The third-order valence-electron chi connectivity index (χ3n) is 5.96. The maximum absolute atomic E-state index is 12.7. The largest absolute Gasteiger partial charge is 0.480 e. The molecular weight excluding hydrogens is 456 g/mol. The van der Waals surface area contributed by atoms with Gasteiger partial charge < -0.3 is 19.7 Å². The molecule has 10 nitrogen and oxygen atoms in total. The highest BCUT2D eigenvalue weighted by Crippen LogP contribution is 2.35. The number of ether oxygens (including phenoxy) is 2. The smallest absolute Gasteiger partial charge is 0.411 e. The van der Waals surface area contributed by atoms with Crippen LogP contribution in [0.2, 0.25) is 0 Å². The van der Waals surface area contributed by atoms with Gasteiger partial charge in [-0.2, -0.15) is 0 Å². The molecule has 35 heavy (non-hydrogen) atoms. The van der Waals surface area contributed by atoms with Gasteiger partial charge in [0.15, 0.2) is 0 Å². The van der Waals surface area contributed by atoms with Crippen molar-refractivity contribution in [3.05, 3.63) is 34.9 Å². The Labute approximate surface area is 204 Å². The van der Waals surface area contributed by atoms with E-state index in [9.17, 15) is 29.4 Å². The average molecular weight is 491 g/mol. The molecule has 3 rings (SSSR count). The van der Waals surface area contributed by atoms with Crippen molar-refractivity contribution in [3.8, 4) is 0 Å². The van der Waals surface area contributed by atoms with Gasteiger partial charge in [-0.3, -0.25) is 9.80 Å². The van der Waals surface area contributed by atoms with Crippen molar-refractivity contribution in [2.45, 2.75) is 90.1 Å². The van der Waals surface area contributed by atoms with Crippen molar-refractivity contribution in [2.24, 2.45) is 0 Å². The van der Waals surface area contributed by atoms with E-state index in [1.165, 1.54) is 9.80 Å². The number of carboxylic acid groups (broad SMARTS) is 2. The summed E-state index contributed by atoms with van der Waals surface area (Å²) in [6.45, 7) is 10.5. The molecule has 1 saturated heterocycles. The maximum atomic E-state index is 12.7. The number of aliphatic carboxylic acids is 2. The van der Waals surface area contributed by atoms with Gasteiger partial charge in [-0.05, 0) is 64.7 Å². The number of rotatable bonds is 3. The first kappa shape index (κ1) is 26.3. The van der Waals surface area contributed by atoms with Gasteiger partial charge in [0.2, 0.25) is 0 Å². The molecule has 0 spiro atoms. The van der Waals surface area contributed by atoms with Crippen LogP contribution in [0.1, 0.15) is 70.6 Å². The van der Waals surface area contributed by atoms with Gasteiger partial charge in [0.05, 0.1) is 6.54 Å². The second-order valence-corrected chi connectivity index (χ2v) is 11.1. The summed E-state index contributed by atoms with van der Waals surface area (Å²) in [7, 11) is 0. The predicted octanol–water partition coefficient (Wildman–Crippen LogP) is 3.61. The van der Waals surface area contributed by atoms with E-state index in [0.29, 0.717) is 0 Å². The van der Waals surface area contributed by atoms with Crippen LogP contribution in [-0.2, 0) is 32.0 Å². The van der Waals surface area contributed by atoms with Crippen LogP contribution in [0.4, 0.5) is 9.59 Å². The molecule has 0 radical (unpaired) electrons. The molecule has 3 atom stereocenters. The molecule has 1 aromatic carbocycles. The fourth-order valence-electron chi connectivity index (χ4n) is 4.43. The highest BCUT2D eigenvalue weighted by Gasteiger charge is 2.43. The summed E-state index contributed by atoms with van der Waals surface area (Å²) >= 11 is 0. The van der Waals surface area contributed by atoms with Crippen LogP contribution in [0.5, 0.6) is 0 Å². The topological polar surface area (TPSA) is 134 Å². The van der Waals surface area contributed by atoms with Crippen LogP contribution in [0.25, 0.3) is 0 Å². The molecule has 1 fully saturated rings. The fourth-order valence-corrected chi connectivity index (χ4v) is 4.43. The minimum atomic E-state index is -1.11. The highest BCUT2D eigenvalue weighted by atomic mass is 16.6. The van der Waals surface area contributed by atoms with Crippen molar-refractivity contribution >= 4 is 24.1 Å². The fraction of sp³-hybridized carbons (Fsp3) is 0.600. The Kier molecular flexibility index (Phi) is 7.06. The Hall–Kier alpha value is -3.30. The maximum Gasteiger partial charge on any atom is 0.411 e. The number of carboxylic acids is 2. The summed E-state index contributed by atoms with van der Waals surface area (Å²) in [5, 5.41) is 19.4. The Morgan fingerprint density at radius 1 is 0.829 bits per heavy atom. The molecule has 192 valence electrons. The number of benzene rings is 1. The number of hydrogen-bond donors (Lipinski definition) is 2. The third kappa shape index (κ3) is 6.23. The Morgan fingerprint density at radius 2 is 1.37 bits per heavy atom. The molecule has 2 N–H and O–H groups in total. The zero-order chi connectivity index (χ0) is 26.3. The van der Waals surface area contributed by atoms with Crippen molar-refractivity contribution in [2.75, 3.05) is 6.54 Å². The molecular formula is C25H34N2O8. The van der Waals surface area contributed by atoms with Gasteiger partial charge in [-0.1, -0.05) is 18.2 Å². The van der Waals surface area contributed by atoms with Crippen molar-refractivity contribution < 1.29 is 38.9 Å². The average Bonchev–Trinajstić information content (AvgIpc) is 3.16. The van der Waals surface area contributed by atoms with E-state index in [2.05, 4.69) is 0 Å². The predicted molar refractivity (Wildman–Crippen MR) is 125 cm³/mol. The second kappa shape index (κ2) is 9.39. The van der Waals surface area contributed by atoms with Crippen molar-refractivity contribution in [1.29, 1.82) is 0 Å². The number of fused-ring (bicyclic) bond motifs is 1. The van der Waals surface area contributed by atoms with E-state index < -0.39 is 47.4 Å². The van der Waals surface area contributed by atoms with Crippen LogP contribution >= 0.6 is 0 Å². The molecule has 0 aromatic heterocycles. The number of amides is 2. The summed E-state index contributed by atoms with van der Waals surface area (Å²) in [6.07, 6.45) is -1.02. The first-order valence-corrected chi connectivity index (χ1v) is 11.6. The molecule has 10 heteroatoms. The van der Waals surface area contributed by atoms with Crippen molar-refractivity contribution in [1.82, 2.24) is 9.80 Å². The summed E-state index contributed by atoms with van der Waals surface area (Å²) < 4.78 is 10.8. The molecule has 0 aliphatic carbocycles. The number of hydrogen-bond acceptors (Lipinski definition) is 6. The van der Waals surface area contributed by atoms with Gasteiger partial charge in [0.25, 0.3) is 0 Å². The lowest BCUT2D eigenvalue weighted by atomic mass is 9.88. The highest BCUT2D eigenvalue weighted by molar-refractivity contribution is 5.82. The lowest BCUT2D eigenvalue weighted by molar-refractivity contribution is -0.144. The quantitative estimate of drug-likeness (QED) is 0.656. The third-order valence-corrected chi connectivity index (χ3v) is 5.96. The van der Waals surface area contributed by atoms with E-state index in [-0.39, 0.29) is 31.8 Å². The van der Waals surface area contributed by atoms with E-state index in [1.807, 2.05) is 18.2 Å². The van der Waals surface area contributed by atoms with Gasteiger partial charge in [-0.25, -0.2) is 19.2 Å².